The number of benzene rings is 3. The van der Waals surface area contributed by atoms with Crippen LogP contribution in [0.2, 0.25) is 0 Å². The monoisotopic (exact) mass is 552 g/mol. The van der Waals surface area contributed by atoms with Crippen LogP contribution in [0, 0.1) is 6.92 Å². The summed E-state index contributed by atoms with van der Waals surface area (Å²) in [6, 6.07) is 21.0. The Morgan fingerprint density at radius 2 is 1.76 bits per heavy atom. The van der Waals surface area contributed by atoms with Gasteiger partial charge in [-0.25, -0.2) is 14.4 Å². The number of ether oxygens (including phenoxy) is 2. The van der Waals surface area contributed by atoms with E-state index in [-0.39, 0.29) is 18.8 Å². The summed E-state index contributed by atoms with van der Waals surface area (Å²) in [5.41, 5.74) is 3.95. The second-order valence-corrected chi connectivity index (χ2v) is 10.0. The Labute approximate surface area is 237 Å². The van der Waals surface area contributed by atoms with Crippen molar-refractivity contribution in [1.82, 2.24) is 10.3 Å². The van der Waals surface area contributed by atoms with Gasteiger partial charge in [0.2, 0.25) is 0 Å². The molecule has 5 aromatic rings. The predicted octanol–water partition coefficient (Wildman–Crippen LogP) is 6.37. The number of unbranched alkanes of at least 4 members (excludes halogenated alkanes) is 1. The molecule has 2 N–H and O–H groups in total. The number of carbonyl (C=O) groups excluding carboxylic acids is 2. The van der Waals surface area contributed by atoms with Gasteiger partial charge in [0, 0.05) is 40.5 Å². The molecule has 0 aliphatic rings. The van der Waals surface area contributed by atoms with Crippen LogP contribution in [-0.4, -0.2) is 23.1 Å². The van der Waals surface area contributed by atoms with Gasteiger partial charge in [0.25, 0.3) is 0 Å². The van der Waals surface area contributed by atoms with E-state index in [0.717, 1.165) is 52.2 Å². The first-order valence-electron chi connectivity index (χ1n) is 13.7. The van der Waals surface area contributed by atoms with Crippen molar-refractivity contribution in [1.29, 1.82) is 0 Å². The molecule has 8 nitrogen and oxygen atoms in total. The van der Waals surface area contributed by atoms with Crippen LogP contribution in [-0.2, 0) is 29.0 Å². The largest absolute Gasteiger partial charge is 0.445 e. The van der Waals surface area contributed by atoms with Crippen LogP contribution in [0.1, 0.15) is 42.0 Å². The number of fused-ring (bicyclic) bond motifs is 2. The van der Waals surface area contributed by atoms with Gasteiger partial charge in [0.05, 0.1) is 0 Å². The Morgan fingerprint density at radius 3 is 2.56 bits per heavy atom. The van der Waals surface area contributed by atoms with E-state index in [9.17, 15) is 14.4 Å². The van der Waals surface area contributed by atoms with E-state index in [1.807, 2.05) is 60.8 Å². The number of hydrogen-bond acceptors (Lipinski definition) is 6. The average molecular weight is 553 g/mol. The molecule has 1 amide bonds. The van der Waals surface area contributed by atoms with Crippen LogP contribution in [0.5, 0.6) is 5.75 Å². The summed E-state index contributed by atoms with van der Waals surface area (Å²) in [5.74, 6) is -0.416. The number of rotatable bonds is 10. The highest BCUT2D eigenvalue weighted by Gasteiger charge is 2.26. The number of nitrogens with one attached hydrogen (secondary N) is 2. The molecule has 5 rings (SSSR count). The predicted molar refractivity (Wildman–Crippen MR) is 157 cm³/mol. The Bertz CT molecular complexity index is 1740. The van der Waals surface area contributed by atoms with Crippen LogP contribution < -0.4 is 15.7 Å². The van der Waals surface area contributed by atoms with Crippen LogP contribution in [0.3, 0.4) is 0 Å². The molecular formula is C33H32N2O6. The molecule has 0 saturated heterocycles. The summed E-state index contributed by atoms with van der Waals surface area (Å²) < 4.78 is 16.7. The molecule has 0 spiro atoms. The number of aromatic nitrogens is 1. The number of aromatic amines is 1. The number of aryl methyl sites for hydroxylation is 2. The molecular weight excluding hydrogens is 520 g/mol. The van der Waals surface area contributed by atoms with E-state index in [1.165, 1.54) is 6.07 Å². The Hall–Kier alpha value is -4.85. The molecule has 0 saturated carbocycles. The number of H-pyrrole nitrogens is 1. The van der Waals surface area contributed by atoms with Crippen LogP contribution in [0.4, 0.5) is 4.79 Å². The van der Waals surface area contributed by atoms with E-state index >= 15 is 0 Å². The third-order valence-electron chi connectivity index (χ3n) is 7.10. The van der Waals surface area contributed by atoms with Crippen LogP contribution in [0.25, 0.3) is 21.9 Å². The van der Waals surface area contributed by atoms with Gasteiger partial charge < -0.3 is 24.2 Å². The summed E-state index contributed by atoms with van der Waals surface area (Å²) in [5, 5.41) is 4.44. The number of carbonyl (C=O) groups is 2. The highest BCUT2D eigenvalue weighted by Crippen LogP contribution is 2.30. The van der Waals surface area contributed by atoms with Gasteiger partial charge in [0.1, 0.15) is 24.0 Å². The highest BCUT2D eigenvalue weighted by molar-refractivity contribution is 5.89. The minimum atomic E-state index is -1.05. The lowest BCUT2D eigenvalue weighted by Crippen LogP contribution is -2.44. The normalized spacial score (nSPS) is 11.9. The SMILES string of the molecule is CCCCc1cc(=O)oc2c(C)c(OC(=O)C(Cc3c[nH]c4ccccc34)NC(=O)OCc3ccccc3)ccc12. The summed E-state index contributed by atoms with van der Waals surface area (Å²) in [6.45, 7) is 3.90. The molecule has 0 fully saturated rings. The van der Waals surface area contributed by atoms with Crippen molar-refractivity contribution >= 4 is 33.9 Å². The topological polar surface area (TPSA) is 111 Å². The molecule has 3 aromatic carbocycles. The lowest BCUT2D eigenvalue weighted by Gasteiger charge is -2.18. The van der Waals surface area contributed by atoms with Crippen molar-refractivity contribution in [2.45, 2.75) is 52.2 Å². The van der Waals surface area contributed by atoms with Crippen molar-refractivity contribution in [2.75, 3.05) is 0 Å². The van der Waals surface area contributed by atoms with Crippen LogP contribution in [0.15, 0.2) is 88.2 Å². The summed E-state index contributed by atoms with van der Waals surface area (Å²) in [6.07, 6.45) is 3.93. The van der Waals surface area contributed by atoms with Gasteiger partial charge in [-0.3, -0.25) is 0 Å². The molecule has 2 heterocycles. The van der Waals surface area contributed by atoms with Gasteiger partial charge in [-0.1, -0.05) is 61.9 Å². The second-order valence-electron chi connectivity index (χ2n) is 10.0. The third kappa shape index (κ3) is 6.49. The molecule has 0 radical (unpaired) electrons. The minimum Gasteiger partial charge on any atom is -0.445 e. The molecule has 8 heteroatoms. The summed E-state index contributed by atoms with van der Waals surface area (Å²) in [7, 11) is 0. The molecule has 0 aliphatic carbocycles. The molecule has 1 unspecified atom stereocenters. The molecule has 0 aliphatic heterocycles. The lowest BCUT2D eigenvalue weighted by atomic mass is 10.0. The van der Waals surface area contributed by atoms with E-state index in [1.54, 1.807) is 19.1 Å². The maximum absolute atomic E-state index is 13.6. The van der Waals surface area contributed by atoms with Gasteiger partial charge in [0.15, 0.2) is 0 Å². The molecule has 1 atom stereocenters. The number of amides is 1. The average Bonchev–Trinajstić information content (AvgIpc) is 3.39. The van der Waals surface area contributed by atoms with E-state index in [2.05, 4.69) is 17.2 Å². The van der Waals surface area contributed by atoms with Crippen molar-refractivity contribution in [3.8, 4) is 5.75 Å². The lowest BCUT2D eigenvalue weighted by molar-refractivity contribution is -0.136. The summed E-state index contributed by atoms with van der Waals surface area (Å²) >= 11 is 0. The molecule has 2 aromatic heterocycles. The highest BCUT2D eigenvalue weighted by atomic mass is 16.6. The third-order valence-corrected chi connectivity index (χ3v) is 7.10. The second kappa shape index (κ2) is 12.6. The minimum absolute atomic E-state index is 0.0602. The Balaban J connectivity index is 1.40. The fourth-order valence-corrected chi connectivity index (χ4v) is 4.89. The Kier molecular flexibility index (Phi) is 8.48. The standard InChI is InChI=1S/C33H32N2O6/c1-3-4-12-23-18-30(36)41-31-21(2)29(16-15-26(23)31)40-32(37)28(17-24-19-34-27-14-9-8-13-25(24)27)35-33(38)39-20-22-10-6-5-7-11-22/h5-11,13-16,18-19,28,34H,3-4,12,17,20H2,1-2H3,(H,35,38). The van der Waals surface area contributed by atoms with Crippen molar-refractivity contribution < 1.29 is 23.5 Å². The maximum Gasteiger partial charge on any atom is 0.408 e. The molecule has 210 valence electrons. The number of alkyl carbamates (subject to hydrolysis) is 1. The van der Waals surface area contributed by atoms with E-state index in [0.29, 0.717) is 11.1 Å². The van der Waals surface area contributed by atoms with Gasteiger partial charge in [-0.15, -0.1) is 0 Å². The van der Waals surface area contributed by atoms with E-state index < -0.39 is 23.7 Å². The number of esters is 1. The van der Waals surface area contributed by atoms with Crippen molar-refractivity contribution in [3.05, 3.63) is 112 Å². The smallest absolute Gasteiger partial charge is 0.408 e. The maximum atomic E-state index is 13.6. The number of hydrogen-bond donors (Lipinski definition) is 2. The molecule has 41 heavy (non-hydrogen) atoms. The zero-order valence-corrected chi connectivity index (χ0v) is 23.1. The Morgan fingerprint density at radius 1 is 0.976 bits per heavy atom. The fraction of sp³-hybridized carbons (Fsp3) is 0.242. The molecule has 0 bridgehead atoms. The first kappa shape index (κ1) is 27.7. The van der Waals surface area contributed by atoms with E-state index in [4.69, 9.17) is 13.9 Å². The van der Waals surface area contributed by atoms with Gasteiger partial charge >= 0.3 is 17.7 Å². The van der Waals surface area contributed by atoms with Crippen molar-refractivity contribution in [3.63, 3.8) is 0 Å². The zero-order chi connectivity index (χ0) is 28.8. The quantitative estimate of drug-likeness (QED) is 0.118. The zero-order valence-electron chi connectivity index (χ0n) is 23.1. The number of para-hydroxylation sites is 1. The van der Waals surface area contributed by atoms with Gasteiger partial charge in [-0.2, -0.15) is 0 Å². The first-order chi connectivity index (χ1) is 19.9. The first-order valence-corrected chi connectivity index (χ1v) is 13.7. The van der Waals surface area contributed by atoms with Gasteiger partial charge in [-0.05, 0) is 54.7 Å². The fourth-order valence-electron chi connectivity index (χ4n) is 4.89. The summed E-state index contributed by atoms with van der Waals surface area (Å²) in [4.78, 5) is 41.8. The van der Waals surface area contributed by atoms with Crippen molar-refractivity contribution in [2.24, 2.45) is 0 Å². The van der Waals surface area contributed by atoms with Crippen LogP contribution >= 0.6 is 0 Å².